The quantitative estimate of drug-likeness (QED) is 0.722. The van der Waals surface area contributed by atoms with Gasteiger partial charge in [-0.3, -0.25) is 0 Å². The number of rotatable bonds is 2. The number of nitrogens with zero attached hydrogens (tertiary/aromatic N) is 3. The standard InChI is InChI=1S/C22H23N3O/c1-14-8-6-11-17(23-14)21-24-19(15-9-4-5-12-18(15)26)16-10-7-13-22(2,3)20(16)25-21/h4-6,8-9,11-12,26H,7,10,13H2,1-3H3. The number of phenols is 1. The van der Waals surface area contributed by atoms with Gasteiger partial charge in [-0.05, 0) is 50.5 Å². The van der Waals surface area contributed by atoms with Crippen LogP contribution in [0.3, 0.4) is 0 Å². The fourth-order valence-corrected chi connectivity index (χ4v) is 3.78. The van der Waals surface area contributed by atoms with Crippen molar-refractivity contribution in [2.24, 2.45) is 0 Å². The summed E-state index contributed by atoms with van der Waals surface area (Å²) in [5, 5.41) is 10.4. The molecule has 2 aromatic heterocycles. The molecule has 1 N–H and O–H groups in total. The molecule has 0 atom stereocenters. The van der Waals surface area contributed by atoms with Gasteiger partial charge >= 0.3 is 0 Å². The zero-order valence-electron chi connectivity index (χ0n) is 15.5. The largest absolute Gasteiger partial charge is 0.507 e. The molecule has 0 aliphatic heterocycles. The summed E-state index contributed by atoms with van der Waals surface area (Å²) in [5.41, 5.74) is 5.51. The monoisotopic (exact) mass is 345 g/mol. The predicted molar refractivity (Wildman–Crippen MR) is 103 cm³/mol. The average molecular weight is 345 g/mol. The molecule has 132 valence electrons. The number of pyridine rings is 1. The van der Waals surface area contributed by atoms with Crippen molar-refractivity contribution in [2.75, 3.05) is 0 Å². The normalized spacial score (nSPS) is 15.5. The molecule has 4 heteroatoms. The highest BCUT2D eigenvalue weighted by Crippen LogP contribution is 2.41. The van der Waals surface area contributed by atoms with Crippen LogP contribution >= 0.6 is 0 Å². The lowest BCUT2D eigenvalue weighted by Crippen LogP contribution is -2.27. The minimum absolute atomic E-state index is 0.0196. The van der Waals surface area contributed by atoms with E-state index in [9.17, 15) is 5.11 Å². The van der Waals surface area contributed by atoms with Crippen molar-refractivity contribution in [1.29, 1.82) is 0 Å². The van der Waals surface area contributed by atoms with Crippen molar-refractivity contribution in [1.82, 2.24) is 15.0 Å². The maximum atomic E-state index is 10.4. The van der Waals surface area contributed by atoms with Crippen molar-refractivity contribution < 1.29 is 5.11 Å². The Morgan fingerprint density at radius 1 is 0.962 bits per heavy atom. The van der Waals surface area contributed by atoms with Crippen LogP contribution in [0, 0.1) is 6.92 Å². The summed E-state index contributed by atoms with van der Waals surface area (Å²) in [6.07, 6.45) is 3.13. The van der Waals surface area contributed by atoms with E-state index in [1.807, 2.05) is 43.3 Å². The van der Waals surface area contributed by atoms with E-state index >= 15 is 0 Å². The van der Waals surface area contributed by atoms with E-state index in [-0.39, 0.29) is 11.2 Å². The molecule has 4 rings (SSSR count). The number of phenolic OH excluding ortho intramolecular Hbond substituents is 1. The van der Waals surface area contributed by atoms with Gasteiger partial charge < -0.3 is 5.11 Å². The second-order valence-electron chi connectivity index (χ2n) is 7.64. The van der Waals surface area contributed by atoms with Gasteiger partial charge in [0.15, 0.2) is 5.82 Å². The number of para-hydroxylation sites is 1. The zero-order chi connectivity index (χ0) is 18.3. The molecule has 3 aromatic rings. The van der Waals surface area contributed by atoms with Crippen LogP contribution in [-0.2, 0) is 11.8 Å². The van der Waals surface area contributed by atoms with Crippen molar-refractivity contribution in [3.63, 3.8) is 0 Å². The molecule has 0 saturated heterocycles. The third kappa shape index (κ3) is 2.85. The van der Waals surface area contributed by atoms with Crippen LogP contribution in [0.4, 0.5) is 0 Å². The fraction of sp³-hybridized carbons (Fsp3) is 0.318. The molecule has 0 bridgehead atoms. The number of fused-ring (bicyclic) bond motifs is 1. The second kappa shape index (κ2) is 6.20. The van der Waals surface area contributed by atoms with Gasteiger partial charge in [0.1, 0.15) is 11.4 Å². The van der Waals surface area contributed by atoms with Gasteiger partial charge in [0.2, 0.25) is 0 Å². The number of benzene rings is 1. The Kier molecular flexibility index (Phi) is 3.98. The predicted octanol–water partition coefficient (Wildman–Crippen LogP) is 4.83. The number of hydrogen-bond donors (Lipinski definition) is 1. The molecule has 0 radical (unpaired) electrons. The van der Waals surface area contributed by atoms with Crippen molar-refractivity contribution in [2.45, 2.75) is 45.4 Å². The molecule has 1 aliphatic carbocycles. The molecule has 4 nitrogen and oxygen atoms in total. The lowest BCUT2D eigenvalue weighted by Gasteiger charge is -2.32. The first kappa shape index (κ1) is 16.7. The van der Waals surface area contributed by atoms with Crippen molar-refractivity contribution in [3.8, 4) is 28.5 Å². The SMILES string of the molecule is Cc1cccc(-c2nc(-c3ccccc3O)c3c(n2)C(C)(C)CCC3)n1. The van der Waals surface area contributed by atoms with Gasteiger partial charge in [-0.15, -0.1) is 0 Å². The molecule has 1 aliphatic rings. The summed E-state index contributed by atoms with van der Waals surface area (Å²) in [7, 11) is 0. The molecule has 2 heterocycles. The molecule has 0 unspecified atom stereocenters. The maximum absolute atomic E-state index is 10.4. The van der Waals surface area contributed by atoms with Crippen LogP contribution < -0.4 is 0 Å². The second-order valence-corrected chi connectivity index (χ2v) is 7.64. The highest BCUT2D eigenvalue weighted by molar-refractivity contribution is 5.72. The smallest absolute Gasteiger partial charge is 0.179 e. The summed E-state index contributed by atoms with van der Waals surface area (Å²) in [6.45, 7) is 6.44. The fourth-order valence-electron chi connectivity index (χ4n) is 3.78. The Hall–Kier alpha value is -2.75. The van der Waals surface area contributed by atoms with E-state index in [0.29, 0.717) is 5.82 Å². The molecule has 0 fully saturated rings. The Bertz CT molecular complexity index is 979. The summed E-state index contributed by atoms with van der Waals surface area (Å²) in [4.78, 5) is 14.4. The van der Waals surface area contributed by atoms with Crippen molar-refractivity contribution >= 4 is 0 Å². The van der Waals surface area contributed by atoms with Gasteiger partial charge in [0, 0.05) is 22.2 Å². The number of aromatic nitrogens is 3. The van der Waals surface area contributed by atoms with Gasteiger partial charge in [-0.1, -0.05) is 32.0 Å². The van der Waals surface area contributed by atoms with E-state index < -0.39 is 0 Å². The first-order valence-corrected chi connectivity index (χ1v) is 9.09. The van der Waals surface area contributed by atoms with Gasteiger partial charge in [-0.25, -0.2) is 15.0 Å². The van der Waals surface area contributed by atoms with E-state index in [0.717, 1.165) is 53.2 Å². The highest BCUT2D eigenvalue weighted by atomic mass is 16.3. The van der Waals surface area contributed by atoms with Gasteiger partial charge in [0.05, 0.1) is 11.4 Å². The zero-order valence-corrected chi connectivity index (χ0v) is 15.5. The van der Waals surface area contributed by atoms with Crippen LogP contribution in [-0.4, -0.2) is 20.1 Å². The molecule has 0 saturated carbocycles. The van der Waals surface area contributed by atoms with Crippen LogP contribution in [0.15, 0.2) is 42.5 Å². The van der Waals surface area contributed by atoms with Gasteiger partial charge in [-0.2, -0.15) is 0 Å². The topological polar surface area (TPSA) is 58.9 Å². The molecule has 26 heavy (non-hydrogen) atoms. The summed E-state index contributed by atoms with van der Waals surface area (Å²) >= 11 is 0. The lowest BCUT2D eigenvalue weighted by molar-refractivity contribution is 0.417. The first-order chi connectivity index (χ1) is 12.5. The Morgan fingerprint density at radius 2 is 1.77 bits per heavy atom. The minimum Gasteiger partial charge on any atom is -0.507 e. The summed E-state index contributed by atoms with van der Waals surface area (Å²) in [6, 6.07) is 13.3. The maximum Gasteiger partial charge on any atom is 0.179 e. The minimum atomic E-state index is -0.0196. The third-order valence-electron chi connectivity index (χ3n) is 5.15. The summed E-state index contributed by atoms with van der Waals surface area (Å²) in [5.74, 6) is 0.876. The number of aryl methyl sites for hydroxylation is 1. The van der Waals surface area contributed by atoms with E-state index in [1.54, 1.807) is 6.07 Å². The summed E-state index contributed by atoms with van der Waals surface area (Å²) < 4.78 is 0. The molecular formula is C22H23N3O. The van der Waals surface area contributed by atoms with Gasteiger partial charge in [0.25, 0.3) is 0 Å². The molecule has 0 spiro atoms. The molecule has 0 amide bonds. The Balaban J connectivity index is 2.01. The van der Waals surface area contributed by atoms with E-state index in [2.05, 4.69) is 18.8 Å². The van der Waals surface area contributed by atoms with Crippen LogP contribution in [0.5, 0.6) is 5.75 Å². The molecular weight excluding hydrogens is 322 g/mol. The number of aromatic hydroxyl groups is 1. The Labute approximate surface area is 154 Å². The highest BCUT2D eigenvalue weighted by Gasteiger charge is 2.32. The third-order valence-corrected chi connectivity index (χ3v) is 5.15. The van der Waals surface area contributed by atoms with Crippen LogP contribution in [0.1, 0.15) is 43.6 Å². The average Bonchev–Trinajstić information content (AvgIpc) is 2.61. The molecule has 1 aromatic carbocycles. The first-order valence-electron chi connectivity index (χ1n) is 9.09. The Morgan fingerprint density at radius 3 is 2.54 bits per heavy atom. The van der Waals surface area contributed by atoms with E-state index in [4.69, 9.17) is 9.97 Å². The van der Waals surface area contributed by atoms with E-state index in [1.165, 1.54) is 0 Å². The lowest BCUT2D eigenvalue weighted by atomic mass is 9.75. The van der Waals surface area contributed by atoms with Crippen molar-refractivity contribution in [3.05, 3.63) is 59.4 Å². The van der Waals surface area contributed by atoms with Crippen LogP contribution in [0.25, 0.3) is 22.8 Å². The number of hydrogen-bond acceptors (Lipinski definition) is 4. The van der Waals surface area contributed by atoms with Crippen LogP contribution in [0.2, 0.25) is 0 Å².